The molecule has 2 aliphatic heterocycles. The van der Waals surface area contributed by atoms with Gasteiger partial charge in [0.1, 0.15) is 23.2 Å². The van der Waals surface area contributed by atoms with Crippen molar-refractivity contribution in [3.63, 3.8) is 0 Å². The molecular weight excluding hydrogens is 512 g/mol. The number of benzene rings is 2. The first-order valence-electron chi connectivity index (χ1n) is 14.0. The highest BCUT2D eigenvalue weighted by atomic mass is 32.2. The minimum absolute atomic E-state index is 0.0671. The van der Waals surface area contributed by atoms with Crippen LogP contribution in [0.4, 0.5) is 0 Å². The zero-order chi connectivity index (χ0) is 27.8. The van der Waals surface area contributed by atoms with Crippen molar-refractivity contribution in [2.45, 2.75) is 86.9 Å². The number of carbonyl (C=O) groups excluding carboxylic acids is 2. The lowest BCUT2D eigenvalue weighted by molar-refractivity contribution is -0.161. The van der Waals surface area contributed by atoms with Crippen molar-refractivity contribution >= 4 is 29.5 Å². The van der Waals surface area contributed by atoms with Gasteiger partial charge in [-0.15, -0.1) is 11.8 Å². The normalized spacial score (nSPS) is 29.0. The number of carbonyl (C=O) groups is 3. The Morgan fingerprint density at radius 1 is 1.13 bits per heavy atom. The number of rotatable bonds is 10. The molecule has 7 nitrogen and oxygen atoms in total. The van der Waals surface area contributed by atoms with Crippen LogP contribution in [-0.4, -0.2) is 56.6 Å². The Morgan fingerprint density at radius 3 is 2.51 bits per heavy atom. The molecule has 2 aromatic rings. The van der Waals surface area contributed by atoms with E-state index in [0.29, 0.717) is 13.0 Å². The maximum absolute atomic E-state index is 14.3. The second-order valence-corrected chi connectivity index (χ2v) is 13.3. The number of aliphatic carboxylic acids is 1. The standard InChI is InChI=1S/C31H38N2O5S/c1-4-5-18-38-23-15-13-21(14-16-23)31(17-9-12-22(31)19-20-10-7-6-8-11-20)29(37)32-24-26(34)33-25(28(35)36)30(2,3)39-27(24)33/h6-8,10-11,13-16,22,24-25,27H,4-5,9,12,17-19H2,1-3H3,(H,32,37)(H,35,36)/t22-,24-,25-,27+,31+/m1/s1. The van der Waals surface area contributed by atoms with E-state index >= 15 is 0 Å². The van der Waals surface area contributed by atoms with Gasteiger partial charge in [0, 0.05) is 4.75 Å². The number of carboxylic acids is 1. The van der Waals surface area contributed by atoms with Crippen LogP contribution in [0.1, 0.15) is 64.0 Å². The quantitative estimate of drug-likeness (QED) is 0.327. The Labute approximate surface area is 234 Å². The van der Waals surface area contributed by atoms with Gasteiger partial charge in [-0.2, -0.15) is 0 Å². The van der Waals surface area contributed by atoms with E-state index in [9.17, 15) is 19.5 Å². The second-order valence-electron chi connectivity index (χ2n) is 11.5. The highest BCUT2D eigenvalue weighted by Gasteiger charge is 2.65. The summed E-state index contributed by atoms with van der Waals surface area (Å²) in [5.41, 5.74) is 1.33. The van der Waals surface area contributed by atoms with Gasteiger partial charge in [-0.3, -0.25) is 9.59 Å². The van der Waals surface area contributed by atoms with Gasteiger partial charge in [-0.1, -0.05) is 62.2 Å². The molecule has 8 heteroatoms. The zero-order valence-electron chi connectivity index (χ0n) is 22.9. The first-order chi connectivity index (χ1) is 18.7. The van der Waals surface area contributed by atoms with Crippen LogP contribution in [0.15, 0.2) is 54.6 Å². The highest BCUT2D eigenvalue weighted by Crippen LogP contribution is 2.52. The molecule has 5 rings (SSSR count). The van der Waals surface area contributed by atoms with Crippen LogP contribution in [0.5, 0.6) is 5.75 Å². The number of unbranched alkanes of at least 4 members (excludes halogenated alkanes) is 1. The number of fused-ring (bicyclic) bond motifs is 1. The molecule has 2 aromatic carbocycles. The maximum atomic E-state index is 14.3. The lowest BCUT2D eigenvalue weighted by Crippen LogP contribution is -2.72. The van der Waals surface area contributed by atoms with Gasteiger partial charge in [-0.05, 0) is 68.7 Å². The SMILES string of the molecule is CCCCOc1ccc([C@@]2(C(=O)N[C@@H]3C(=O)N4[C@H]3SC(C)(C)[C@H]4C(=O)O)CCC[C@@H]2Cc2ccccc2)cc1. The molecule has 2 saturated heterocycles. The summed E-state index contributed by atoms with van der Waals surface area (Å²) in [5.74, 6) is -0.612. The van der Waals surface area contributed by atoms with Gasteiger partial charge in [0.15, 0.2) is 0 Å². The predicted octanol–water partition coefficient (Wildman–Crippen LogP) is 4.78. The summed E-state index contributed by atoms with van der Waals surface area (Å²) >= 11 is 1.45. The number of hydrogen-bond donors (Lipinski definition) is 2. The highest BCUT2D eigenvalue weighted by molar-refractivity contribution is 8.01. The summed E-state index contributed by atoms with van der Waals surface area (Å²) in [4.78, 5) is 40.9. The topological polar surface area (TPSA) is 95.9 Å². The van der Waals surface area contributed by atoms with Crippen LogP contribution in [0.25, 0.3) is 0 Å². The Hall–Kier alpha value is -3.00. The van der Waals surface area contributed by atoms with Crippen molar-refractivity contribution in [2.24, 2.45) is 5.92 Å². The molecule has 208 valence electrons. The summed E-state index contributed by atoms with van der Waals surface area (Å²) in [6.45, 7) is 6.48. The molecule has 0 radical (unpaired) electrons. The summed E-state index contributed by atoms with van der Waals surface area (Å²) in [6.07, 6.45) is 5.32. The fraction of sp³-hybridized carbons (Fsp3) is 0.516. The summed E-state index contributed by atoms with van der Waals surface area (Å²) in [5, 5.41) is 12.5. The molecule has 5 atom stereocenters. The molecule has 0 spiro atoms. The van der Waals surface area contributed by atoms with E-state index in [2.05, 4.69) is 24.4 Å². The number of nitrogens with one attached hydrogen (secondary N) is 1. The summed E-state index contributed by atoms with van der Waals surface area (Å²) in [7, 11) is 0. The van der Waals surface area contributed by atoms with Crippen molar-refractivity contribution < 1.29 is 24.2 Å². The molecule has 1 saturated carbocycles. The number of amides is 2. The third-order valence-corrected chi connectivity index (χ3v) is 10.2. The fourth-order valence-corrected chi connectivity index (χ4v) is 8.29. The van der Waals surface area contributed by atoms with Gasteiger partial charge < -0.3 is 20.1 Å². The average molecular weight is 551 g/mol. The van der Waals surface area contributed by atoms with Gasteiger partial charge in [0.05, 0.1) is 12.0 Å². The van der Waals surface area contributed by atoms with Crippen LogP contribution >= 0.6 is 11.8 Å². The Bertz CT molecular complexity index is 1220. The van der Waals surface area contributed by atoms with Crippen LogP contribution in [-0.2, 0) is 26.2 Å². The molecule has 0 unspecified atom stereocenters. The first kappa shape index (κ1) is 27.6. The minimum Gasteiger partial charge on any atom is -0.494 e. The number of thioether (sulfide) groups is 1. The number of β-lactam (4-membered cyclic amide) rings is 1. The Balaban J connectivity index is 1.43. The molecule has 3 aliphatic rings. The van der Waals surface area contributed by atoms with Crippen LogP contribution in [0.3, 0.4) is 0 Å². The number of carboxylic acid groups (broad SMARTS) is 1. The molecule has 2 heterocycles. The summed E-state index contributed by atoms with van der Waals surface area (Å²) < 4.78 is 5.24. The van der Waals surface area contributed by atoms with E-state index in [0.717, 1.165) is 43.4 Å². The van der Waals surface area contributed by atoms with E-state index in [1.165, 1.54) is 22.2 Å². The van der Waals surface area contributed by atoms with Crippen LogP contribution < -0.4 is 10.1 Å². The van der Waals surface area contributed by atoms with Crippen molar-refractivity contribution in [1.82, 2.24) is 10.2 Å². The first-order valence-corrected chi connectivity index (χ1v) is 14.9. The van der Waals surface area contributed by atoms with E-state index in [1.54, 1.807) is 0 Å². The Morgan fingerprint density at radius 2 is 1.85 bits per heavy atom. The molecule has 1 aliphatic carbocycles. The minimum atomic E-state index is -1.01. The maximum Gasteiger partial charge on any atom is 0.327 e. The van der Waals surface area contributed by atoms with Gasteiger partial charge in [-0.25, -0.2) is 4.79 Å². The van der Waals surface area contributed by atoms with Crippen LogP contribution in [0, 0.1) is 5.92 Å². The van der Waals surface area contributed by atoms with Crippen molar-refractivity contribution in [2.75, 3.05) is 6.61 Å². The van der Waals surface area contributed by atoms with E-state index in [1.807, 2.05) is 56.3 Å². The van der Waals surface area contributed by atoms with E-state index in [-0.39, 0.29) is 23.1 Å². The second kappa shape index (κ2) is 10.9. The smallest absolute Gasteiger partial charge is 0.327 e. The van der Waals surface area contributed by atoms with E-state index < -0.39 is 28.2 Å². The predicted molar refractivity (Wildman–Crippen MR) is 152 cm³/mol. The molecule has 0 bridgehead atoms. The summed E-state index contributed by atoms with van der Waals surface area (Å²) in [6, 6.07) is 16.5. The monoisotopic (exact) mass is 550 g/mol. The zero-order valence-corrected chi connectivity index (χ0v) is 23.7. The lowest BCUT2D eigenvalue weighted by Gasteiger charge is -2.45. The van der Waals surface area contributed by atoms with E-state index in [4.69, 9.17) is 4.74 Å². The van der Waals surface area contributed by atoms with Crippen molar-refractivity contribution in [3.8, 4) is 5.75 Å². The van der Waals surface area contributed by atoms with Crippen molar-refractivity contribution in [1.29, 1.82) is 0 Å². The Kier molecular flexibility index (Phi) is 7.68. The van der Waals surface area contributed by atoms with Gasteiger partial charge >= 0.3 is 5.97 Å². The number of nitrogens with zero attached hydrogens (tertiary/aromatic N) is 1. The fourth-order valence-electron chi connectivity index (χ4n) is 6.66. The van der Waals surface area contributed by atoms with Crippen LogP contribution in [0.2, 0.25) is 0 Å². The van der Waals surface area contributed by atoms with Gasteiger partial charge in [0.2, 0.25) is 11.8 Å². The molecule has 3 fully saturated rings. The van der Waals surface area contributed by atoms with Crippen molar-refractivity contribution in [3.05, 3.63) is 65.7 Å². The van der Waals surface area contributed by atoms with Gasteiger partial charge in [0.25, 0.3) is 0 Å². The lowest BCUT2D eigenvalue weighted by atomic mass is 9.69. The molecule has 2 N–H and O–H groups in total. The third kappa shape index (κ3) is 4.92. The number of ether oxygens (including phenoxy) is 1. The molecule has 39 heavy (non-hydrogen) atoms. The molecular formula is C31H38N2O5S. The molecule has 2 amide bonds. The largest absolute Gasteiger partial charge is 0.494 e. The molecule has 0 aromatic heterocycles. The third-order valence-electron chi connectivity index (χ3n) is 8.65. The average Bonchev–Trinajstić information content (AvgIpc) is 3.45. The number of hydrogen-bond acceptors (Lipinski definition) is 5.